The first-order valence-electron chi connectivity index (χ1n) is 8.75. The third-order valence-electron chi connectivity index (χ3n) is 4.07. The Balaban J connectivity index is 1.70. The molecule has 9 heteroatoms. The molecule has 0 aromatic heterocycles. The van der Waals surface area contributed by atoms with E-state index in [1.165, 1.54) is 12.1 Å². The number of hydrogen-bond donors (Lipinski definition) is 1. The summed E-state index contributed by atoms with van der Waals surface area (Å²) in [5.41, 5.74) is 5.10. The first kappa shape index (κ1) is 21.6. The minimum absolute atomic E-state index is 0.0191. The van der Waals surface area contributed by atoms with Gasteiger partial charge in [0.1, 0.15) is 6.61 Å². The summed E-state index contributed by atoms with van der Waals surface area (Å²) in [4.78, 5) is 10.2. The van der Waals surface area contributed by atoms with Crippen LogP contribution in [0.15, 0.2) is 70.2 Å². The zero-order valence-corrected chi connectivity index (χ0v) is 18.2. The summed E-state index contributed by atoms with van der Waals surface area (Å²) in [6.45, 7) is 0.295. The molecule has 0 fully saturated rings. The Kier molecular flexibility index (Phi) is 7.26. The minimum atomic E-state index is -0.452. The van der Waals surface area contributed by atoms with Gasteiger partial charge in [-0.3, -0.25) is 15.5 Å². The smallest absolute Gasteiger partial charge is 0.269 e. The lowest BCUT2D eigenvalue weighted by molar-refractivity contribution is -0.384. The van der Waals surface area contributed by atoms with Crippen molar-refractivity contribution in [1.29, 1.82) is 0 Å². The average Bonchev–Trinajstić information content (AvgIpc) is 2.74. The van der Waals surface area contributed by atoms with Crippen molar-refractivity contribution in [2.75, 3.05) is 12.5 Å². The zero-order chi connectivity index (χ0) is 21.5. The quantitative estimate of drug-likeness (QED) is 0.236. The van der Waals surface area contributed by atoms with E-state index in [4.69, 9.17) is 21.1 Å². The molecule has 0 aliphatic carbocycles. The van der Waals surface area contributed by atoms with Crippen LogP contribution in [0.5, 0.6) is 11.5 Å². The zero-order valence-electron chi connectivity index (χ0n) is 15.8. The number of nitro benzene ring substituents is 1. The van der Waals surface area contributed by atoms with Gasteiger partial charge in [0, 0.05) is 22.7 Å². The van der Waals surface area contributed by atoms with Gasteiger partial charge in [-0.25, -0.2) is 0 Å². The molecule has 0 spiro atoms. The fraction of sp³-hybridized carbons (Fsp3) is 0.0952. The van der Waals surface area contributed by atoms with Gasteiger partial charge in [0.25, 0.3) is 5.69 Å². The van der Waals surface area contributed by atoms with Gasteiger partial charge in [-0.05, 0) is 51.8 Å². The van der Waals surface area contributed by atoms with Gasteiger partial charge in [-0.15, -0.1) is 0 Å². The van der Waals surface area contributed by atoms with Crippen LogP contribution >= 0.6 is 27.5 Å². The summed E-state index contributed by atoms with van der Waals surface area (Å²) >= 11 is 9.69. The van der Waals surface area contributed by atoms with E-state index in [2.05, 4.69) is 26.5 Å². The Morgan fingerprint density at radius 1 is 1.20 bits per heavy atom. The van der Waals surface area contributed by atoms with Gasteiger partial charge in [0.05, 0.1) is 28.4 Å². The fourth-order valence-electron chi connectivity index (χ4n) is 2.56. The lowest BCUT2D eigenvalue weighted by Crippen LogP contribution is -2.00. The highest BCUT2D eigenvalue weighted by atomic mass is 79.9. The highest BCUT2D eigenvalue weighted by Crippen LogP contribution is 2.37. The van der Waals surface area contributed by atoms with E-state index in [1.54, 1.807) is 31.5 Å². The van der Waals surface area contributed by atoms with E-state index in [9.17, 15) is 10.1 Å². The molecule has 0 bridgehead atoms. The Hall–Kier alpha value is -3.10. The topological polar surface area (TPSA) is 86.0 Å². The molecule has 0 unspecified atom stereocenters. The van der Waals surface area contributed by atoms with Crippen LogP contribution in [0.3, 0.4) is 0 Å². The molecule has 3 aromatic carbocycles. The van der Waals surface area contributed by atoms with E-state index < -0.39 is 4.92 Å². The van der Waals surface area contributed by atoms with Crippen LogP contribution in [0.1, 0.15) is 11.1 Å². The van der Waals surface area contributed by atoms with Gasteiger partial charge < -0.3 is 9.47 Å². The lowest BCUT2D eigenvalue weighted by atomic mass is 10.2. The Bertz CT molecular complexity index is 1070. The van der Waals surface area contributed by atoms with Crippen molar-refractivity contribution in [3.05, 3.63) is 91.4 Å². The van der Waals surface area contributed by atoms with Gasteiger partial charge >= 0.3 is 0 Å². The number of hydrogen-bond acceptors (Lipinski definition) is 6. The lowest BCUT2D eigenvalue weighted by Gasteiger charge is -2.14. The van der Waals surface area contributed by atoms with Crippen LogP contribution in [0.4, 0.5) is 11.4 Å². The molecule has 0 heterocycles. The molecule has 0 aliphatic heterocycles. The Morgan fingerprint density at radius 3 is 2.60 bits per heavy atom. The third kappa shape index (κ3) is 5.49. The first-order chi connectivity index (χ1) is 14.5. The highest BCUT2D eigenvalue weighted by molar-refractivity contribution is 9.10. The van der Waals surface area contributed by atoms with Crippen molar-refractivity contribution in [2.24, 2.45) is 5.10 Å². The number of ether oxygens (including phenoxy) is 2. The second-order valence-electron chi connectivity index (χ2n) is 6.09. The molecule has 0 aliphatic rings. The molecule has 1 N–H and O–H groups in total. The summed E-state index contributed by atoms with van der Waals surface area (Å²) in [6, 6.07) is 17.1. The number of methoxy groups -OCH3 is 1. The van der Waals surface area contributed by atoms with Crippen molar-refractivity contribution >= 4 is 45.1 Å². The number of nitro groups is 1. The summed E-state index contributed by atoms with van der Waals surface area (Å²) in [5, 5.41) is 15.5. The van der Waals surface area contributed by atoms with Crippen molar-refractivity contribution < 1.29 is 14.4 Å². The number of nitrogens with one attached hydrogen (secondary N) is 1. The second-order valence-corrected chi connectivity index (χ2v) is 7.35. The summed E-state index contributed by atoms with van der Waals surface area (Å²) in [5.74, 6) is 1.09. The van der Waals surface area contributed by atoms with Crippen molar-refractivity contribution in [1.82, 2.24) is 0 Å². The predicted molar refractivity (Wildman–Crippen MR) is 121 cm³/mol. The van der Waals surface area contributed by atoms with E-state index in [1.807, 2.05) is 30.3 Å². The predicted octanol–water partition coefficient (Wildman–Crippen LogP) is 6.04. The first-order valence-corrected chi connectivity index (χ1v) is 9.92. The number of non-ortho nitro benzene ring substituents is 1. The Morgan fingerprint density at radius 2 is 1.93 bits per heavy atom. The van der Waals surface area contributed by atoms with Crippen molar-refractivity contribution in [2.45, 2.75) is 6.61 Å². The van der Waals surface area contributed by atoms with E-state index >= 15 is 0 Å². The maximum Gasteiger partial charge on any atom is 0.269 e. The molecule has 0 saturated heterocycles. The van der Waals surface area contributed by atoms with Crippen molar-refractivity contribution in [3.8, 4) is 11.5 Å². The van der Waals surface area contributed by atoms with Gasteiger partial charge in [0.15, 0.2) is 11.5 Å². The van der Waals surface area contributed by atoms with Crippen LogP contribution in [-0.2, 0) is 6.61 Å². The minimum Gasteiger partial charge on any atom is -0.493 e. The normalized spacial score (nSPS) is 10.8. The van der Waals surface area contributed by atoms with Gasteiger partial charge in [0.2, 0.25) is 0 Å². The average molecular weight is 491 g/mol. The molecular weight excluding hydrogens is 474 g/mol. The molecule has 30 heavy (non-hydrogen) atoms. The largest absolute Gasteiger partial charge is 0.493 e. The van der Waals surface area contributed by atoms with Crippen LogP contribution in [0.2, 0.25) is 5.02 Å². The van der Waals surface area contributed by atoms with E-state index in [-0.39, 0.29) is 5.69 Å². The molecule has 0 amide bonds. The number of rotatable bonds is 8. The molecule has 0 radical (unpaired) electrons. The maximum atomic E-state index is 10.7. The number of nitrogens with zero attached hydrogens (tertiary/aromatic N) is 2. The molecule has 3 aromatic rings. The molecule has 7 nitrogen and oxygen atoms in total. The van der Waals surface area contributed by atoms with Crippen LogP contribution in [0, 0.1) is 10.1 Å². The summed E-state index contributed by atoms with van der Waals surface area (Å²) in [6.07, 6.45) is 1.60. The molecule has 0 atom stereocenters. The van der Waals surface area contributed by atoms with E-state index in [0.29, 0.717) is 33.3 Å². The second kappa shape index (κ2) is 10.1. The van der Waals surface area contributed by atoms with Crippen LogP contribution in [-0.4, -0.2) is 18.2 Å². The molecule has 0 saturated carbocycles. The maximum absolute atomic E-state index is 10.7. The van der Waals surface area contributed by atoms with Crippen LogP contribution in [0.25, 0.3) is 0 Å². The fourth-order valence-corrected chi connectivity index (χ4v) is 3.32. The van der Waals surface area contributed by atoms with E-state index in [0.717, 1.165) is 11.1 Å². The third-order valence-corrected chi connectivity index (χ3v) is 5.02. The number of benzene rings is 3. The number of hydrazone groups is 1. The standard InChI is InChI=1S/C21H17BrClN3O4/c1-29-20-11-14(12-24-25-16-6-8-17(9-7-16)26(27)28)10-18(22)21(20)30-13-15-4-2-3-5-19(15)23/h2-12,25H,13H2,1H3. The van der Waals surface area contributed by atoms with Gasteiger partial charge in [-0.2, -0.15) is 5.10 Å². The number of halogens is 2. The van der Waals surface area contributed by atoms with Gasteiger partial charge in [-0.1, -0.05) is 29.8 Å². The SMILES string of the molecule is COc1cc(C=NNc2ccc([N+](=O)[O-])cc2)cc(Br)c1OCc1ccccc1Cl. The molecular formula is C21H17BrClN3O4. The Labute approximate surface area is 186 Å². The summed E-state index contributed by atoms with van der Waals surface area (Å²) in [7, 11) is 1.56. The highest BCUT2D eigenvalue weighted by Gasteiger charge is 2.12. The molecule has 3 rings (SSSR count). The number of anilines is 1. The van der Waals surface area contributed by atoms with Crippen molar-refractivity contribution in [3.63, 3.8) is 0 Å². The molecule has 154 valence electrons. The monoisotopic (exact) mass is 489 g/mol. The summed E-state index contributed by atoms with van der Waals surface area (Å²) < 4.78 is 12.1. The van der Waals surface area contributed by atoms with Crippen LogP contribution < -0.4 is 14.9 Å².